The summed E-state index contributed by atoms with van der Waals surface area (Å²) in [5, 5.41) is 10.7. The summed E-state index contributed by atoms with van der Waals surface area (Å²) in [5.41, 5.74) is 3.43. The van der Waals surface area contributed by atoms with E-state index in [0.29, 0.717) is 0 Å². The Labute approximate surface area is 161 Å². The average Bonchev–Trinajstić information content (AvgIpc) is 2.55. The van der Waals surface area contributed by atoms with Crippen LogP contribution < -0.4 is 0 Å². The van der Waals surface area contributed by atoms with Gasteiger partial charge in [0.15, 0.2) is 5.78 Å². The number of benzene rings is 2. The second-order valence-electron chi connectivity index (χ2n) is 5.50. The number of pyridine rings is 1. The van der Waals surface area contributed by atoms with Gasteiger partial charge in [0, 0.05) is 38.1 Å². The number of hydrogen-bond donors (Lipinski definition) is 1. The molecular formula is C21H20IrNO2-. The minimum absolute atomic E-state index is 0. The molecule has 1 radical (unpaired) electrons. The fourth-order valence-corrected chi connectivity index (χ4v) is 2.44. The van der Waals surface area contributed by atoms with Gasteiger partial charge in [0.05, 0.1) is 5.76 Å². The van der Waals surface area contributed by atoms with Crippen molar-refractivity contribution in [3.05, 3.63) is 78.2 Å². The summed E-state index contributed by atoms with van der Waals surface area (Å²) in [7, 11) is 0. The number of aromatic nitrogens is 1. The van der Waals surface area contributed by atoms with Gasteiger partial charge in [0.2, 0.25) is 0 Å². The SMILES string of the molecule is CC(=O)/C=C(/C)O.Cc1ccc2ccc[c-]c2c1-c1ccccn1.[Ir]. The van der Waals surface area contributed by atoms with Crippen molar-refractivity contribution in [2.24, 2.45) is 0 Å². The molecule has 4 heteroatoms. The first-order chi connectivity index (χ1) is 11.5. The van der Waals surface area contributed by atoms with Gasteiger partial charge in [-0.2, -0.15) is 0 Å². The van der Waals surface area contributed by atoms with Crippen molar-refractivity contribution in [2.75, 3.05) is 0 Å². The van der Waals surface area contributed by atoms with E-state index >= 15 is 0 Å². The largest absolute Gasteiger partial charge is 0.512 e. The molecule has 2 aromatic carbocycles. The first-order valence-electron chi connectivity index (χ1n) is 7.68. The number of carbonyl (C=O) groups is 1. The smallest absolute Gasteiger partial charge is 0.155 e. The quantitative estimate of drug-likeness (QED) is 0.298. The number of rotatable bonds is 2. The fourth-order valence-electron chi connectivity index (χ4n) is 2.44. The van der Waals surface area contributed by atoms with E-state index in [1.54, 1.807) is 0 Å². The molecule has 0 atom stereocenters. The summed E-state index contributed by atoms with van der Waals surface area (Å²) < 4.78 is 0. The summed E-state index contributed by atoms with van der Waals surface area (Å²) in [6, 6.07) is 19.7. The third-order valence-corrected chi connectivity index (χ3v) is 3.38. The maximum absolute atomic E-state index is 10.0. The Kier molecular flexibility index (Phi) is 8.20. The molecule has 1 heterocycles. The molecule has 3 rings (SSSR count). The van der Waals surface area contributed by atoms with Crippen LogP contribution in [0.25, 0.3) is 22.0 Å². The molecule has 3 aromatic rings. The van der Waals surface area contributed by atoms with Crippen molar-refractivity contribution in [2.45, 2.75) is 20.8 Å². The zero-order valence-corrected chi connectivity index (χ0v) is 16.8. The predicted octanol–water partition coefficient (Wildman–Crippen LogP) is 5.05. The summed E-state index contributed by atoms with van der Waals surface area (Å²) in [4.78, 5) is 14.5. The number of aryl methyl sites for hydroxylation is 1. The van der Waals surface area contributed by atoms with Crippen molar-refractivity contribution in [1.29, 1.82) is 0 Å². The van der Waals surface area contributed by atoms with Gasteiger partial charge in [-0.3, -0.25) is 9.78 Å². The number of aliphatic hydroxyl groups excluding tert-OH is 1. The van der Waals surface area contributed by atoms with Crippen LogP contribution in [-0.4, -0.2) is 15.9 Å². The van der Waals surface area contributed by atoms with Crippen LogP contribution in [0.1, 0.15) is 19.4 Å². The molecule has 0 bridgehead atoms. The van der Waals surface area contributed by atoms with Crippen LogP contribution in [0, 0.1) is 13.0 Å². The van der Waals surface area contributed by atoms with E-state index in [2.05, 4.69) is 36.2 Å². The standard InChI is InChI=1S/C16H12N.C5H8O2.Ir/c1-12-9-10-13-6-2-3-7-14(13)16(12)15-8-4-5-11-17-15;1-4(6)3-5(2)7;/h2-6,8-11H,1H3;3,6H,1-2H3;/q-1;;/b;4-3-;. The van der Waals surface area contributed by atoms with Gasteiger partial charge >= 0.3 is 0 Å². The minimum Gasteiger partial charge on any atom is -0.512 e. The van der Waals surface area contributed by atoms with Gasteiger partial charge < -0.3 is 5.11 Å². The molecule has 3 nitrogen and oxygen atoms in total. The van der Waals surface area contributed by atoms with Crippen LogP contribution in [0.3, 0.4) is 0 Å². The minimum atomic E-state index is -0.125. The van der Waals surface area contributed by atoms with E-state index < -0.39 is 0 Å². The van der Waals surface area contributed by atoms with Crippen molar-refractivity contribution in [3.8, 4) is 11.3 Å². The van der Waals surface area contributed by atoms with Crippen molar-refractivity contribution in [3.63, 3.8) is 0 Å². The van der Waals surface area contributed by atoms with E-state index in [9.17, 15) is 4.79 Å². The zero-order valence-electron chi connectivity index (χ0n) is 14.4. The first-order valence-corrected chi connectivity index (χ1v) is 7.68. The van der Waals surface area contributed by atoms with Gasteiger partial charge in [0.1, 0.15) is 0 Å². The number of hydrogen-bond acceptors (Lipinski definition) is 3. The summed E-state index contributed by atoms with van der Waals surface area (Å²) in [6.45, 7) is 4.96. The molecule has 25 heavy (non-hydrogen) atoms. The predicted molar refractivity (Wildman–Crippen MR) is 97.8 cm³/mol. The molecule has 0 aliphatic carbocycles. The van der Waals surface area contributed by atoms with Gasteiger partial charge in [-0.05, 0) is 32.9 Å². The van der Waals surface area contributed by atoms with Gasteiger partial charge in [-0.1, -0.05) is 29.3 Å². The molecule has 1 aromatic heterocycles. The van der Waals surface area contributed by atoms with E-state index in [-0.39, 0.29) is 31.6 Å². The third kappa shape index (κ3) is 5.93. The topological polar surface area (TPSA) is 50.2 Å². The van der Waals surface area contributed by atoms with Crippen molar-refractivity contribution in [1.82, 2.24) is 4.98 Å². The second-order valence-corrected chi connectivity index (χ2v) is 5.50. The number of carbonyl (C=O) groups excluding carboxylic acids is 1. The van der Waals surface area contributed by atoms with E-state index in [0.717, 1.165) is 11.1 Å². The fraction of sp³-hybridized carbons (Fsp3) is 0.143. The van der Waals surface area contributed by atoms with E-state index in [1.165, 1.54) is 36.4 Å². The van der Waals surface area contributed by atoms with Crippen LogP contribution in [0.4, 0.5) is 0 Å². The molecule has 0 fully saturated rings. The molecular weight excluding hydrogens is 490 g/mol. The van der Waals surface area contributed by atoms with Crippen molar-refractivity contribution >= 4 is 16.6 Å². The molecule has 131 valence electrons. The Bertz CT molecular complexity index is 869. The molecule has 0 aliphatic rings. The third-order valence-electron chi connectivity index (χ3n) is 3.38. The molecule has 0 saturated carbocycles. The molecule has 0 saturated heterocycles. The maximum atomic E-state index is 10.0. The van der Waals surface area contributed by atoms with Crippen LogP contribution in [0.5, 0.6) is 0 Å². The molecule has 0 spiro atoms. The zero-order chi connectivity index (χ0) is 17.5. The van der Waals surface area contributed by atoms with E-state index in [1.807, 2.05) is 36.5 Å². The van der Waals surface area contributed by atoms with Crippen molar-refractivity contribution < 1.29 is 30.0 Å². The Morgan fingerprint density at radius 1 is 1.12 bits per heavy atom. The Morgan fingerprint density at radius 2 is 1.88 bits per heavy atom. The molecule has 0 amide bonds. The molecule has 1 N–H and O–H groups in total. The number of allylic oxidation sites excluding steroid dienone is 2. The number of nitrogens with zero attached hydrogens (tertiary/aromatic N) is 1. The first kappa shape index (κ1) is 20.8. The van der Waals surface area contributed by atoms with Gasteiger partial charge in [-0.25, -0.2) is 0 Å². The summed E-state index contributed by atoms with van der Waals surface area (Å²) >= 11 is 0. The van der Waals surface area contributed by atoms with Gasteiger partial charge in [0.25, 0.3) is 0 Å². The van der Waals surface area contributed by atoms with Crippen LogP contribution in [0.15, 0.2) is 66.6 Å². The van der Waals surface area contributed by atoms with Crippen LogP contribution >= 0.6 is 0 Å². The normalized spacial score (nSPS) is 10.4. The maximum Gasteiger partial charge on any atom is 0.155 e. The Morgan fingerprint density at radius 3 is 2.44 bits per heavy atom. The number of fused-ring (bicyclic) bond motifs is 1. The summed E-state index contributed by atoms with van der Waals surface area (Å²) in [6.07, 6.45) is 3.00. The monoisotopic (exact) mass is 511 g/mol. The molecule has 0 unspecified atom stereocenters. The number of ketones is 1. The van der Waals surface area contributed by atoms with Gasteiger partial charge in [-0.15, -0.1) is 35.0 Å². The molecule has 0 aliphatic heterocycles. The Balaban J connectivity index is 0.000000339. The second kappa shape index (κ2) is 9.87. The average molecular weight is 511 g/mol. The van der Waals surface area contributed by atoms with Crippen LogP contribution in [0.2, 0.25) is 0 Å². The summed E-state index contributed by atoms with van der Waals surface area (Å²) in [5.74, 6) is -0.0625. The van der Waals surface area contributed by atoms with E-state index in [4.69, 9.17) is 5.11 Å². The van der Waals surface area contributed by atoms with Crippen LogP contribution in [-0.2, 0) is 24.9 Å². The number of aliphatic hydroxyl groups is 1. The Hall–Kier alpha value is -2.29.